The fourth-order valence-electron chi connectivity index (χ4n) is 2.80. The van der Waals surface area contributed by atoms with Gasteiger partial charge in [-0.1, -0.05) is 6.07 Å². The molecule has 20 heavy (non-hydrogen) atoms. The maximum Gasteiger partial charge on any atom is 0.146 e. The van der Waals surface area contributed by atoms with E-state index >= 15 is 0 Å². The Bertz CT molecular complexity index is 465. The third-order valence-electron chi connectivity index (χ3n) is 3.73. The minimum absolute atomic E-state index is 0.104. The van der Waals surface area contributed by atoms with E-state index in [4.69, 9.17) is 0 Å². The smallest absolute Gasteiger partial charge is 0.146 e. The Morgan fingerprint density at radius 1 is 1.45 bits per heavy atom. The number of hydrogen-bond acceptors (Lipinski definition) is 4. The zero-order chi connectivity index (χ0) is 14.9. The van der Waals surface area contributed by atoms with Gasteiger partial charge in [0.05, 0.1) is 17.9 Å². The van der Waals surface area contributed by atoms with Crippen LogP contribution in [0.2, 0.25) is 0 Å². The third kappa shape index (κ3) is 3.29. The van der Waals surface area contributed by atoms with Gasteiger partial charge in [0.1, 0.15) is 5.82 Å². The van der Waals surface area contributed by atoms with Crippen LogP contribution in [0.15, 0.2) is 18.2 Å². The molecule has 0 saturated carbocycles. The summed E-state index contributed by atoms with van der Waals surface area (Å²) in [5, 5.41) is 19.3. The molecule has 2 rings (SSSR count). The van der Waals surface area contributed by atoms with Crippen LogP contribution in [0.3, 0.4) is 0 Å². The maximum absolute atomic E-state index is 14.3. The van der Waals surface area contributed by atoms with Gasteiger partial charge in [0.15, 0.2) is 0 Å². The van der Waals surface area contributed by atoms with E-state index in [1.165, 1.54) is 6.07 Å². The summed E-state index contributed by atoms with van der Waals surface area (Å²) in [4.78, 5) is 3.96. The number of rotatable bonds is 4. The van der Waals surface area contributed by atoms with E-state index in [2.05, 4.69) is 0 Å². The molecule has 0 amide bonds. The first-order chi connectivity index (χ1) is 9.38. The van der Waals surface area contributed by atoms with E-state index in [0.717, 1.165) is 6.54 Å². The second kappa shape index (κ2) is 6.08. The third-order valence-corrected chi connectivity index (χ3v) is 3.73. The molecule has 1 aliphatic rings. The number of β-amino-alcohol motifs (C(OH)–C–C–N with tert-alkyl or cyclic N) is 1. The molecule has 4 nitrogen and oxygen atoms in total. The summed E-state index contributed by atoms with van der Waals surface area (Å²) in [6.45, 7) is 2.83. The largest absolute Gasteiger partial charge is 0.391 e. The van der Waals surface area contributed by atoms with Crippen molar-refractivity contribution in [2.75, 3.05) is 32.1 Å². The number of aliphatic hydroxyl groups is 2. The van der Waals surface area contributed by atoms with Gasteiger partial charge < -0.3 is 20.0 Å². The fourth-order valence-corrected chi connectivity index (χ4v) is 2.80. The number of likely N-dealkylation sites (N-methyl/N-ethyl adjacent to an activating group) is 1. The van der Waals surface area contributed by atoms with Gasteiger partial charge in [-0.25, -0.2) is 4.39 Å². The molecule has 1 aromatic rings. The number of anilines is 1. The molecule has 0 radical (unpaired) electrons. The Labute approximate surface area is 119 Å². The Hall–Kier alpha value is -1.17. The van der Waals surface area contributed by atoms with Crippen LogP contribution in [0.25, 0.3) is 0 Å². The van der Waals surface area contributed by atoms with Crippen LogP contribution >= 0.6 is 0 Å². The highest BCUT2D eigenvalue weighted by molar-refractivity contribution is 5.51. The van der Waals surface area contributed by atoms with Crippen molar-refractivity contribution in [1.29, 1.82) is 0 Å². The highest BCUT2D eigenvalue weighted by Gasteiger charge is 2.32. The topological polar surface area (TPSA) is 46.9 Å². The zero-order valence-electron chi connectivity index (χ0n) is 12.3. The molecule has 2 N–H and O–H groups in total. The number of halogens is 1. The van der Waals surface area contributed by atoms with Crippen LogP contribution in [0.1, 0.15) is 25.0 Å². The van der Waals surface area contributed by atoms with Crippen molar-refractivity contribution >= 4 is 5.69 Å². The van der Waals surface area contributed by atoms with E-state index < -0.39 is 12.2 Å². The van der Waals surface area contributed by atoms with Crippen LogP contribution in [0.5, 0.6) is 0 Å². The Balaban J connectivity index is 2.25. The average molecular weight is 282 g/mol. The summed E-state index contributed by atoms with van der Waals surface area (Å²) < 4.78 is 14.3. The first-order valence-electron chi connectivity index (χ1n) is 6.95. The second-order valence-electron chi connectivity index (χ2n) is 5.84. The van der Waals surface area contributed by atoms with Crippen molar-refractivity contribution in [2.24, 2.45) is 0 Å². The van der Waals surface area contributed by atoms with E-state index in [0.29, 0.717) is 24.2 Å². The molecular weight excluding hydrogens is 259 g/mol. The minimum atomic E-state index is -0.680. The second-order valence-corrected chi connectivity index (χ2v) is 5.84. The first kappa shape index (κ1) is 15.2. The lowest BCUT2D eigenvalue weighted by Crippen LogP contribution is -2.38. The van der Waals surface area contributed by atoms with Crippen LogP contribution in [-0.2, 0) is 0 Å². The molecule has 0 aromatic heterocycles. The zero-order valence-corrected chi connectivity index (χ0v) is 12.3. The molecule has 0 aliphatic carbocycles. The monoisotopic (exact) mass is 282 g/mol. The molecule has 0 spiro atoms. The van der Waals surface area contributed by atoms with Gasteiger partial charge in [0, 0.05) is 19.1 Å². The van der Waals surface area contributed by atoms with E-state index in [9.17, 15) is 14.6 Å². The molecule has 1 heterocycles. The summed E-state index contributed by atoms with van der Waals surface area (Å²) in [7, 11) is 3.94. The van der Waals surface area contributed by atoms with Crippen molar-refractivity contribution < 1.29 is 14.6 Å². The molecule has 5 heteroatoms. The Kier molecular flexibility index (Phi) is 4.62. The minimum Gasteiger partial charge on any atom is -0.391 e. The van der Waals surface area contributed by atoms with Gasteiger partial charge in [-0.15, -0.1) is 0 Å². The Morgan fingerprint density at radius 2 is 2.15 bits per heavy atom. The molecule has 3 unspecified atom stereocenters. The van der Waals surface area contributed by atoms with Crippen molar-refractivity contribution in [3.8, 4) is 0 Å². The maximum atomic E-state index is 14.3. The van der Waals surface area contributed by atoms with Gasteiger partial charge >= 0.3 is 0 Å². The number of hydrogen-bond donors (Lipinski definition) is 2. The molecule has 1 fully saturated rings. The molecule has 1 saturated heterocycles. The molecule has 3 atom stereocenters. The summed E-state index contributed by atoms with van der Waals surface area (Å²) in [6.07, 6.45) is -0.452. The van der Waals surface area contributed by atoms with E-state index in [1.807, 2.05) is 23.9 Å². The normalized spacial score (nSPS) is 24.4. The van der Waals surface area contributed by atoms with Crippen molar-refractivity contribution in [3.63, 3.8) is 0 Å². The fraction of sp³-hybridized carbons (Fsp3) is 0.600. The highest BCUT2D eigenvalue weighted by Crippen LogP contribution is 2.30. The summed E-state index contributed by atoms with van der Waals surface area (Å²) in [5.41, 5.74) is 1.06. The van der Waals surface area contributed by atoms with Crippen molar-refractivity contribution in [2.45, 2.75) is 31.6 Å². The van der Waals surface area contributed by atoms with Gasteiger partial charge in [-0.3, -0.25) is 0 Å². The van der Waals surface area contributed by atoms with Crippen LogP contribution in [0, 0.1) is 5.82 Å². The molecule has 0 bridgehead atoms. The Morgan fingerprint density at radius 3 is 2.70 bits per heavy atom. The summed E-state index contributed by atoms with van der Waals surface area (Å²) in [6, 6.07) is 4.91. The van der Waals surface area contributed by atoms with Crippen LogP contribution in [0.4, 0.5) is 10.1 Å². The van der Waals surface area contributed by atoms with Gasteiger partial charge in [0.2, 0.25) is 0 Å². The number of benzene rings is 1. The lowest BCUT2D eigenvalue weighted by atomic mass is 10.1. The van der Waals surface area contributed by atoms with Crippen molar-refractivity contribution in [1.82, 2.24) is 4.90 Å². The van der Waals surface area contributed by atoms with Gasteiger partial charge in [-0.2, -0.15) is 0 Å². The predicted molar refractivity (Wildman–Crippen MR) is 77.3 cm³/mol. The summed E-state index contributed by atoms with van der Waals surface area (Å²) in [5.74, 6) is -0.346. The number of aliphatic hydroxyl groups excluding tert-OH is 2. The van der Waals surface area contributed by atoms with Crippen molar-refractivity contribution in [3.05, 3.63) is 29.6 Å². The molecule has 1 aliphatic heterocycles. The lowest BCUT2D eigenvalue weighted by Gasteiger charge is -2.29. The quantitative estimate of drug-likeness (QED) is 0.876. The predicted octanol–water partition coefficient (Wildman–Crippen LogP) is 1.38. The molecule has 112 valence electrons. The SMILES string of the molecule is CC(O)c1ccc(N2CC(O)CC2CN(C)C)c(F)c1. The van der Waals surface area contributed by atoms with E-state index in [1.54, 1.807) is 19.1 Å². The van der Waals surface area contributed by atoms with Crippen LogP contribution < -0.4 is 4.90 Å². The average Bonchev–Trinajstić information content (AvgIpc) is 2.68. The van der Waals surface area contributed by atoms with Crippen LogP contribution in [-0.4, -0.2) is 54.4 Å². The standard InChI is InChI=1S/C15H23FN2O2/c1-10(19)11-4-5-15(14(16)6-11)18-9-13(20)7-12(18)8-17(2)3/h4-6,10,12-13,19-20H,7-9H2,1-3H3. The molecule has 1 aromatic carbocycles. The lowest BCUT2D eigenvalue weighted by molar-refractivity contribution is 0.191. The van der Waals surface area contributed by atoms with E-state index in [-0.39, 0.29) is 11.9 Å². The first-order valence-corrected chi connectivity index (χ1v) is 6.95. The van der Waals surface area contributed by atoms with Gasteiger partial charge in [0.25, 0.3) is 0 Å². The van der Waals surface area contributed by atoms with Gasteiger partial charge in [-0.05, 0) is 45.1 Å². The molecular formula is C15H23FN2O2. The summed E-state index contributed by atoms with van der Waals surface area (Å²) >= 11 is 0. The number of nitrogens with zero attached hydrogens (tertiary/aromatic N) is 2. The highest BCUT2D eigenvalue weighted by atomic mass is 19.1.